The van der Waals surface area contributed by atoms with Crippen LogP contribution < -0.4 is 11.5 Å². The monoisotopic (exact) mass is 509 g/mol. The van der Waals surface area contributed by atoms with E-state index in [4.69, 9.17) is 16.6 Å². The minimum absolute atomic E-state index is 0.0509. The van der Waals surface area contributed by atoms with E-state index in [0.717, 1.165) is 51.6 Å². The summed E-state index contributed by atoms with van der Waals surface area (Å²) >= 11 is 0. The maximum absolute atomic E-state index is 12.4. The van der Waals surface area contributed by atoms with Crippen LogP contribution >= 0.6 is 0 Å². The molecule has 0 bridgehead atoms. The number of carbonyl (C=O) groups excluding carboxylic acids is 1. The molecule has 10 heteroatoms. The van der Waals surface area contributed by atoms with E-state index in [-0.39, 0.29) is 11.9 Å². The number of aromatic nitrogens is 5. The Morgan fingerprint density at radius 1 is 1.05 bits per heavy atom. The molecule has 0 unspecified atom stereocenters. The van der Waals surface area contributed by atoms with Gasteiger partial charge in [-0.1, -0.05) is 36.4 Å². The first kappa shape index (κ1) is 23.8. The standard InChI is InChI=1S/C28H31N9O/c1-34(2)28(38)35-12-10-19(11-13-35)24-15-22(25-26(29)31-17-32-37(24)25)20-8-9-21-23(14-20)33-36(27(21)30)16-18-6-4-3-5-7-18/h3-9,14-15,17,19H,10-13,16,30H2,1-2H3,(H2,29,31,32). The lowest BCUT2D eigenvalue weighted by Crippen LogP contribution is -2.43. The van der Waals surface area contributed by atoms with Crippen molar-refractivity contribution in [1.29, 1.82) is 0 Å². The van der Waals surface area contributed by atoms with E-state index in [9.17, 15) is 4.79 Å². The fraction of sp³-hybridized carbons (Fsp3) is 0.286. The van der Waals surface area contributed by atoms with Crippen LogP contribution in [0, 0.1) is 0 Å². The number of likely N-dealkylation sites (tertiary alicyclic amines) is 1. The van der Waals surface area contributed by atoms with Gasteiger partial charge >= 0.3 is 6.03 Å². The first-order chi connectivity index (χ1) is 18.4. The van der Waals surface area contributed by atoms with E-state index in [2.05, 4.69) is 40.4 Å². The first-order valence-electron chi connectivity index (χ1n) is 12.8. The molecule has 0 saturated carbocycles. The van der Waals surface area contributed by atoms with Crippen molar-refractivity contribution in [2.24, 2.45) is 0 Å². The third-order valence-electron chi connectivity index (χ3n) is 7.44. The molecule has 194 valence electrons. The molecule has 1 fully saturated rings. The highest BCUT2D eigenvalue weighted by Gasteiger charge is 2.28. The van der Waals surface area contributed by atoms with Crippen molar-refractivity contribution in [3.8, 4) is 11.1 Å². The molecule has 4 heterocycles. The molecule has 0 spiro atoms. The van der Waals surface area contributed by atoms with Crippen LogP contribution in [0.4, 0.5) is 16.4 Å². The van der Waals surface area contributed by atoms with Gasteiger partial charge in [-0.25, -0.2) is 19.0 Å². The SMILES string of the molecule is CN(C)C(=O)N1CCC(c2cc(-c3ccc4c(N)n(Cc5ccccc5)nc4c3)c3c(N)ncnn23)CC1. The fourth-order valence-corrected chi connectivity index (χ4v) is 5.45. The summed E-state index contributed by atoms with van der Waals surface area (Å²) in [6, 6.07) is 18.5. The van der Waals surface area contributed by atoms with Crippen molar-refractivity contribution in [2.75, 3.05) is 38.7 Å². The van der Waals surface area contributed by atoms with Gasteiger partial charge in [-0.05, 0) is 42.2 Å². The van der Waals surface area contributed by atoms with E-state index < -0.39 is 0 Å². The van der Waals surface area contributed by atoms with Crippen LogP contribution in [0.5, 0.6) is 0 Å². The van der Waals surface area contributed by atoms with Crippen LogP contribution in [0.2, 0.25) is 0 Å². The number of urea groups is 1. The first-order valence-corrected chi connectivity index (χ1v) is 12.8. The van der Waals surface area contributed by atoms with Crippen LogP contribution in [0.15, 0.2) is 60.9 Å². The van der Waals surface area contributed by atoms with Crippen molar-refractivity contribution in [2.45, 2.75) is 25.3 Å². The molecule has 38 heavy (non-hydrogen) atoms. The molecule has 2 aromatic carbocycles. The highest BCUT2D eigenvalue weighted by atomic mass is 16.2. The van der Waals surface area contributed by atoms with Gasteiger partial charge < -0.3 is 21.3 Å². The number of fused-ring (bicyclic) bond motifs is 2. The number of piperidine rings is 1. The largest absolute Gasteiger partial charge is 0.383 e. The Labute approximate surface area is 220 Å². The number of benzene rings is 2. The maximum atomic E-state index is 12.4. The topological polar surface area (TPSA) is 124 Å². The van der Waals surface area contributed by atoms with Crippen molar-refractivity contribution in [3.05, 3.63) is 72.2 Å². The van der Waals surface area contributed by atoms with Crippen molar-refractivity contribution >= 4 is 34.1 Å². The molecule has 3 aromatic heterocycles. The van der Waals surface area contributed by atoms with Crippen molar-refractivity contribution < 1.29 is 4.79 Å². The van der Waals surface area contributed by atoms with Crippen molar-refractivity contribution in [3.63, 3.8) is 0 Å². The van der Waals surface area contributed by atoms with E-state index in [1.54, 1.807) is 19.0 Å². The summed E-state index contributed by atoms with van der Waals surface area (Å²) in [5.41, 5.74) is 18.6. The zero-order valence-electron chi connectivity index (χ0n) is 21.6. The molecule has 1 saturated heterocycles. The average Bonchev–Trinajstić information content (AvgIpc) is 3.47. The van der Waals surface area contributed by atoms with Crippen LogP contribution in [-0.2, 0) is 6.54 Å². The molecule has 1 aliphatic heterocycles. The predicted molar refractivity (Wildman–Crippen MR) is 149 cm³/mol. The summed E-state index contributed by atoms with van der Waals surface area (Å²) in [7, 11) is 3.58. The van der Waals surface area contributed by atoms with Gasteiger partial charge in [0.1, 0.15) is 17.7 Å². The molecular formula is C28H31N9O. The molecule has 5 aromatic rings. The Kier molecular flexibility index (Phi) is 5.86. The summed E-state index contributed by atoms with van der Waals surface area (Å²) in [5.74, 6) is 1.32. The number of nitrogens with two attached hydrogens (primary N) is 2. The second-order valence-electron chi connectivity index (χ2n) is 10.1. The van der Waals surface area contributed by atoms with Crippen LogP contribution in [0.3, 0.4) is 0 Å². The Bertz CT molecular complexity index is 1630. The van der Waals surface area contributed by atoms with Gasteiger partial charge in [0, 0.05) is 49.7 Å². The molecule has 6 rings (SSSR count). The van der Waals surface area contributed by atoms with Gasteiger partial charge in [0.05, 0.1) is 12.1 Å². The minimum atomic E-state index is 0.0509. The average molecular weight is 510 g/mol. The molecule has 0 atom stereocenters. The molecule has 4 N–H and O–H groups in total. The number of amides is 2. The summed E-state index contributed by atoms with van der Waals surface area (Å²) in [6.45, 7) is 2.01. The number of rotatable bonds is 4. The number of anilines is 2. The number of hydrogen-bond acceptors (Lipinski definition) is 6. The van der Waals surface area contributed by atoms with E-state index in [0.29, 0.717) is 31.3 Å². The van der Waals surface area contributed by atoms with Crippen LogP contribution in [0.25, 0.3) is 27.5 Å². The predicted octanol–water partition coefficient (Wildman–Crippen LogP) is 3.82. The van der Waals surface area contributed by atoms with E-state index in [1.807, 2.05) is 38.4 Å². The second-order valence-corrected chi connectivity index (χ2v) is 10.1. The molecule has 0 radical (unpaired) electrons. The quantitative estimate of drug-likeness (QED) is 0.380. The Morgan fingerprint density at radius 3 is 2.55 bits per heavy atom. The Hall–Kier alpha value is -4.60. The molecular weight excluding hydrogens is 478 g/mol. The molecule has 1 aliphatic rings. The van der Waals surface area contributed by atoms with Crippen molar-refractivity contribution in [1.82, 2.24) is 34.2 Å². The maximum Gasteiger partial charge on any atom is 0.319 e. The van der Waals surface area contributed by atoms with E-state index >= 15 is 0 Å². The van der Waals surface area contributed by atoms with Gasteiger partial charge in [0.2, 0.25) is 0 Å². The number of nitrogen functional groups attached to an aromatic ring is 2. The summed E-state index contributed by atoms with van der Waals surface area (Å²) in [4.78, 5) is 20.2. The normalized spacial score (nSPS) is 14.4. The minimum Gasteiger partial charge on any atom is -0.383 e. The summed E-state index contributed by atoms with van der Waals surface area (Å²) < 4.78 is 3.76. The van der Waals surface area contributed by atoms with Gasteiger partial charge in [0.25, 0.3) is 0 Å². The smallest absolute Gasteiger partial charge is 0.319 e. The molecule has 0 aliphatic carbocycles. The van der Waals surface area contributed by atoms with Gasteiger partial charge in [0.15, 0.2) is 5.82 Å². The van der Waals surface area contributed by atoms with Gasteiger partial charge in [-0.2, -0.15) is 10.2 Å². The lowest BCUT2D eigenvalue weighted by Gasteiger charge is -2.33. The third-order valence-corrected chi connectivity index (χ3v) is 7.44. The van der Waals surface area contributed by atoms with E-state index in [1.165, 1.54) is 6.33 Å². The highest BCUT2D eigenvalue weighted by molar-refractivity contribution is 5.96. The number of carbonyl (C=O) groups is 1. The summed E-state index contributed by atoms with van der Waals surface area (Å²) in [5, 5.41) is 10.3. The zero-order valence-corrected chi connectivity index (χ0v) is 21.6. The fourth-order valence-electron chi connectivity index (χ4n) is 5.45. The Balaban J connectivity index is 1.36. The van der Waals surface area contributed by atoms with Gasteiger partial charge in [-0.3, -0.25) is 0 Å². The molecule has 10 nitrogen and oxygen atoms in total. The van der Waals surface area contributed by atoms with Crippen LogP contribution in [0.1, 0.15) is 30.0 Å². The summed E-state index contributed by atoms with van der Waals surface area (Å²) in [6.07, 6.45) is 3.21. The highest BCUT2D eigenvalue weighted by Crippen LogP contribution is 2.38. The molecule has 2 amide bonds. The number of nitrogens with zero attached hydrogens (tertiary/aromatic N) is 7. The zero-order chi connectivity index (χ0) is 26.4. The second kappa shape index (κ2) is 9.37. The van der Waals surface area contributed by atoms with Gasteiger partial charge in [-0.15, -0.1) is 0 Å². The van der Waals surface area contributed by atoms with Crippen LogP contribution in [-0.4, -0.2) is 67.4 Å². The lowest BCUT2D eigenvalue weighted by molar-refractivity contribution is 0.156. The lowest BCUT2D eigenvalue weighted by atomic mass is 9.93. The number of hydrogen-bond donors (Lipinski definition) is 2. The third kappa shape index (κ3) is 4.07. The Morgan fingerprint density at radius 2 is 1.82 bits per heavy atom.